The third-order valence-corrected chi connectivity index (χ3v) is 5.60. The Hall–Kier alpha value is -2.63. The van der Waals surface area contributed by atoms with Gasteiger partial charge in [0.05, 0.1) is 13.5 Å². The molecule has 0 spiro atoms. The number of hydrogen-bond donors (Lipinski definition) is 1. The molecule has 2 aliphatic rings. The quantitative estimate of drug-likeness (QED) is 0.793. The Balaban J connectivity index is 1.66. The van der Waals surface area contributed by atoms with Crippen LogP contribution in [0.25, 0.3) is 5.57 Å². The van der Waals surface area contributed by atoms with Crippen molar-refractivity contribution in [1.82, 2.24) is 10.2 Å². The lowest BCUT2D eigenvalue weighted by molar-refractivity contribution is -0.139. The van der Waals surface area contributed by atoms with Crippen LogP contribution in [0.4, 0.5) is 0 Å². The first-order valence-corrected chi connectivity index (χ1v) is 10.3. The Morgan fingerprint density at radius 1 is 1.17 bits per heavy atom. The fourth-order valence-electron chi connectivity index (χ4n) is 4.02. The number of benzene rings is 2. The van der Waals surface area contributed by atoms with E-state index in [1.165, 1.54) is 23.8 Å². The van der Waals surface area contributed by atoms with Crippen LogP contribution in [0.2, 0.25) is 0 Å². The lowest BCUT2D eigenvalue weighted by Gasteiger charge is -2.26. The van der Waals surface area contributed by atoms with Crippen LogP contribution >= 0.6 is 0 Å². The van der Waals surface area contributed by atoms with Gasteiger partial charge in [0.2, 0.25) is 0 Å². The Bertz CT molecular complexity index is 901. The molecule has 0 saturated carbocycles. The Morgan fingerprint density at radius 2 is 2.00 bits per heavy atom. The predicted molar refractivity (Wildman–Crippen MR) is 114 cm³/mol. The second kappa shape index (κ2) is 9.25. The van der Waals surface area contributed by atoms with Crippen LogP contribution in [0.1, 0.15) is 28.7 Å². The van der Waals surface area contributed by atoms with Crippen LogP contribution in [-0.2, 0) is 22.6 Å². The van der Waals surface area contributed by atoms with E-state index in [-0.39, 0.29) is 12.4 Å². The SMILES string of the molecule is COC(=O)Cc1ccc2c(c1)C(=CCCN1CCNCC1)c1ccccc1CO2. The van der Waals surface area contributed by atoms with Crippen molar-refractivity contribution in [1.29, 1.82) is 0 Å². The molecule has 0 bridgehead atoms. The summed E-state index contributed by atoms with van der Waals surface area (Å²) in [6, 6.07) is 14.4. The zero-order chi connectivity index (χ0) is 20.1. The summed E-state index contributed by atoms with van der Waals surface area (Å²) < 4.78 is 11.0. The molecule has 0 aromatic heterocycles. The summed E-state index contributed by atoms with van der Waals surface area (Å²) in [4.78, 5) is 14.3. The highest BCUT2D eigenvalue weighted by Gasteiger charge is 2.20. The van der Waals surface area contributed by atoms with E-state index < -0.39 is 0 Å². The highest BCUT2D eigenvalue weighted by Crippen LogP contribution is 2.37. The summed E-state index contributed by atoms with van der Waals surface area (Å²) in [7, 11) is 1.42. The predicted octanol–water partition coefficient (Wildman–Crippen LogP) is 3.02. The van der Waals surface area contributed by atoms with E-state index in [9.17, 15) is 4.79 Å². The molecular formula is C24H28N2O3. The molecule has 0 unspecified atom stereocenters. The molecule has 2 aromatic carbocycles. The van der Waals surface area contributed by atoms with Crippen LogP contribution in [-0.4, -0.2) is 50.7 Å². The van der Waals surface area contributed by atoms with E-state index in [1.54, 1.807) is 0 Å². The summed E-state index contributed by atoms with van der Waals surface area (Å²) in [5.74, 6) is 0.632. The van der Waals surface area contributed by atoms with Gasteiger partial charge in [-0.25, -0.2) is 0 Å². The van der Waals surface area contributed by atoms with Crippen LogP contribution < -0.4 is 10.1 Å². The topological polar surface area (TPSA) is 50.8 Å². The van der Waals surface area contributed by atoms with Crippen molar-refractivity contribution in [2.24, 2.45) is 0 Å². The van der Waals surface area contributed by atoms with E-state index in [4.69, 9.17) is 9.47 Å². The summed E-state index contributed by atoms with van der Waals surface area (Å²) in [6.07, 6.45) is 3.57. The van der Waals surface area contributed by atoms with Gasteiger partial charge in [-0.05, 0) is 40.8 Å². The summed E-state index contributed by atoms with van der Waals surface area (Å²) in [5.41, 5.74) is 5.58. The van der Waals surface area contributed by atoms with E-state index >= 15 is 0 Å². The van der Waals surface area contributed by atoms with Crippen LogP contribution in [0.5, 0.6) is 5.75 Å². The van der Waals surface area contributed by atoms with Gasteiger partial charge in [0.25, 0.3) is 0 Å². The number of rotatable bonds is 5. The molecule has 4 rings (SSSR count). The minimum Gasteiger partial charge on any atom is -0.488 e. The maximum absolute atomic E-state index is 11.8. The van der Waals surface area contributed by atoms with Crippen molar-refractivity contribution < 1.29 is 14.3 Å². The maximum Gasteiger partial charge on any atom is 0.309 e. The average Bonchev–Trinajstić information content (AvgIpc) is 2.91. The van der Waals surface area contributed by atoms with Crippen molar-refractivity contribution in [3.05, 3.63) is 70.8 Å². The van der Waals surface area contributed by atoms with Crippen LogP contribution in [0.15, 0.2) is 48.5 Å². The molecule has 152 valence electrons. The molecular weight excluding hydrogens is 364 g/mol. The number of nitrogens with zero attached hydrogens (tertiary/aromatic N) is 1. The Kier molecular flexibility index (Phi) is 6.27. The fourth-order valence-corrected chi connectivity index (χ4v) is 4.02. The van der Waals surface area contributed by atoms with Crippen LogP contribution in [0, 0.1) is 0 Å². The number of fused-ring (bicyclic) bond motifs is 2. The molecule has 2 aromatic rings. The third kappa shape index (κ3) is 4.69. The largest absolute Gasteiger partial charge is 0.488 e. The third-order valence-electron chi connectivity index (χ3n) is 5.60. The molecule has 1 fully saturated rings. The Labute approximate surface area is 172 Å². The molecule has 0 amide bonds. The van der Waals surface area contributed by atoms with Gasteiger partial charge in [0.15, 0.2) is 0 Å². The minimum atomic E-state index is -0.232. The number of nitrogens with one attached hydrogen (secondary N) is 1. The van der Waals surface area contributed by atoms with Gasteiger partial charge in [0, 0.05) is 38.3 Å². The highest BCUT2D eigenvalue weighted by molar-refractivity contribution is 5.85. The van der Waals surface area contributed by atoms with Gasteiger partial charge < -0.3 is 19.7 Å². The molecule has 2 aliphatic heterocycles. The lowest BCUT2D eigenvalue weighted by Crippen LogP contribution is -2.43. The first-order chi connectivity index (χ1) is 14.2. The second-order valence-electron chi connectivity index (χ2n) is 7.53. The lowest BCUT2D eigenvalue weighted by atomic mass is 9.92. The first-order valence-electron chi connectivity index (χ1n) is 10.3. The summed E-state index contributed by atoms with van der Waals surface area (Å²) >= 11 is 0. The monoisotopic (exact) mass is 392 g/mol. The number of carbonyl (C=O) groups excluding carboxylic acids is 1. The van der Waals surface area contributed by atoms with Gasteiger partial charge in [-0.15, -0.1) is 0 Å². The normalized spacial score (nSPS) is 17.8. The second-order valence-corrected chi connectivity index (χ2v) is 7.53. The average molecular weight is 392 g/mol. The van der Waals surface area contributed by atoms with Gasteiger partial charge >= 0.3 is 5.97 Å². The van der Waals surface area contributed by atoms with Crippen LogP contribution in [0.3, 0.4) is 0 Å². The molecule has 2 heterocycles. The zero-order valence-electron chi connectivity index (χ0n) is 16.9. The van der Waals surface area contributed by atoms with Crippen molar-refractivity contribution in [3.63, 3.8) is 0 Å². The molecule has 1 N–H and O–H groups in total. The molecule has 0 aliphatic carbocycles. The highest BCUT2D eigenvalue weighted by atomic mass is 16.5. The van der Waals surface area contributed by atoms with Crippen molar-refractivity contribution in [2.75, 3.05) is 39.8 Å². The fraction of sp³-hybridized carbons (Fsp3) is 0.375. The number of hydrogen-bond acceptors (Lipinski definition) is 5. The van der Waals surface area contributed by atoms with E-state index in [0.29, 0.717) is 6.61 Å². The number of ether oxygens (including phenoxy) is 2. The molecule has 5 nitrogen and oxygen atoms in total. The van der Waals surface area contributed by atoms with Crippen molar-refractivity contribution >= 4 is 11.5 Å². The molecule has 29 heavy (non-hydrogen) atoms. The van der Waals surface area contributed by atoms with Crippen molar-refractivity contribution in [2.45, 2.75) is 19.4 Å². The Morgan fingerprint density at radius 3 is 2.83 bits per heavy atom. The van der Waals surface area contributed by atoms with Crippen molar-refractivity contribution in [3.8, 4) is 5.75 Å². The summed E-state index contributed by atoms with van der Waals surface area (Å²) in [6.45, 7) is 5.92. The van der Waals surface area contributed by atoms with Gasteiger partial charge in [-0.1, -0.05) is 36.4 Å². The molecule has 1 saturated heterocycles. The molecule has 5 heteroatoms. The van der Waals surface area contributed by atoms with Gasteiger partial charge in [-0.3, -0.25) is 4.79 Å². The van der Waals surface area contributed by atoms with Gasteiger partial charge in [-0.2, -0.15) is 0 Å². The van der Waals surface area contributed by atoms with E-state index in [2.05, 4.69) is 46.6 Å². The molecule has 0 atom stereocenters. The number of esters is 1. The first kappa shape index (κ1) is 19.7. The summed E-state index contributed by atoms with van der Waals surface area (Å²) in [5, 5.41) is 3.40. The van der Waals surface area contributed by atoms with E-state index in [1.807, 2.05) is 12.1 Å². The zero-order valence-corrected chi connectivity index (χ0v) is 16.9. The number of methoxy groups -OCH3 is 1. The number of piperazine rings is 1. The molecule has 0 radical (unpaired) electrons. The standard InChI is InChI=1S/C24H28N2O3/c1-28-24(27)16-18-8-9-23-22(15-18)21(7-4-12-26-13-10-25-11-14-26)20-6-3-2-5-19(20)17-29-23/h2-3,5-9,15,25H,4,10-14,16-17H2,1H3. The maximum atomic E-state index is 11.8. The van der Waals surface area contributed by atoms with Gasteiger partial charge in [0.1, 0.15) is 12.4 Å². The number of carbonyl (C=O) groups is 1. The minimum absolute atomic E-state index is 0.232. The smallest absolute Gasteiger partial charge is 0.309 e. The van der Waals surface area contributed by atoms with E-state index in [0.717, 1.165) is 56.0 Å².